The number of hydrogen-bond donors (Lipinski definition) is 1. The summed E-state index contributed by atoms with van der Waals surface area (Å²) in [6.45, 7) is 5.91. The number of pyridine rings is 1. The molecule has 0 bridgehead atoms. The Morgan fingerprint density at radius 1 is 1.17 bits per heavy atom. The molecule has 0 aliphatic heterocycles. The zero-order chi connectivity index (χ0) is 13.5. The summed E-state index contributed by atoms with van der Waals surface area (Å²) < 4.78 is 16.1. The molecule has 0 aliphatic carbocycles. The van der Waals surface area contributed by atoms with Gasteiger partial charge >= 0.3 is 0 Å². The van der Waals surface area contributed by atoms with Crippen LogP contribution in [-0.2, 0) is 9.47 Å². The van der Waals surface area contributed by atoms with Crippen molar-refractivity contribution in [1.29, 1.82) is 0 Å². The van der Waals surface area contributed by atoms with Gasteiger partial charge in [-0.05, 0) is 32.9 Å². The molecule has 0 fully saturated rings. The topological polar surface area (TPSA) is 52.6 Å². The first-order valence-electron chi connectivity index (χ1n) is 6.02. The quantitative estimate of drug-likeness (QED) is 0.757. The third-order valence-electron chi connectivity index (χ3n) is 2.37. The van der Waals surface area contributed by atoms with Gasteiger partial charge in [-0.15, -0.1) is 0 Å². The summed E-state index contributed by atoms with van der Waals surface area (Å²) in [7, 11) is 3.22. The zero-order valence-electron chi connectivity index (χ0n) is 11.6. The minimum Gasteiger partial charge on any atom is -0.473 e. The van der Waals surface area contributed by atoms with Gasteiger partial charge in [0, 0.05) is 20.4 Å². The molecule has 0 saturated heterocycles. The number of aromatic nitrogens is 1. The Hall–Kier alpha value is -1.33. The van der Waals surface area contributed by atoms with Crippen molar-refractivity contribution in [3.05, 3.63) is 18.3 Å². The van der Waals surface area contributed by atoms with E-state index in [-0.39, 0.29) is 18.4 Å². The van der Waals surface area contributed by atoms with Crippen molar-refractivity contribution in [3.8, 4) is 5.88 Å². The molecule has 0 spiro atoms. The molecular weight excluding hydrogens is 232 g/mol. The lowest BCUT2D eigenvalue weighted by molar-refractivity contribution is -0.109. The van der Waals surface area contributed by atoms with E-state index < -0.39 is 0 Å². The van der Waals surface area contributed by atoms with E-state index in [1.807, 2.05) is 32.9 Å². The Balaban J connectivity index is 2.77. The molecule has 1 heterocycles. The van der Waals surface area contributed by atoms with Crippen LogP contribution in [0.15, 0.2) is 18.3 Å². The van der Waals surface area contributed by atoms with Gasteiger partial charge in [-0.2, -0.15) is 0 Å². The maximum absolute atomic E-state index is 5.64. The van der Waals surface area contributed by atoms with Crippen LogP contribution in [-0.4, -0.2) is 37.6 Å². The van der Waals surface area contributed by atoms with Gasteiger partial charge in [0.25, 0.3) is 0 Å². The van der Waals surface area contributed by atoms with Crippen LogP contribution in [0.1, 0.15) is 20.8 Å². The molecule has 0 saturated carbocycles. The van der Waals surface area contributed by atoms with Crippen molar-refractivity contribution in [1.82, 2.24) is 4.98 Å². The van der Waals surface area contributed by atoms with E-state index in [2.05, 4.69) is 10.3 Å². The summed E-state index contributed by atoms with van der Waals surface area (Å²) in [6, 6.07) is 3.76. The number of nitrogens with one attached hydrogen (secondary N) is 1. The molecule has 1 N–H and O–H groups in total. The monoisotopic (exact) mass is 254 g/mol. The molecule has 1 atom stereocenters. The Kier molecular flexibility index (Phi) is 5.88. The number of nitrogens with zero attached hydrogens (tertiary/aromatic N) is 1. The van der Waals surface area contributed by atoms with Crippen molar-refractivity contribution in [3.63, 3.8) is 0 Å². The molecule has 5 nitrogen and oxygen atoms in total. The van der Waals surface area contributed by atoms with Gasteiger partial charge < -0.3 is 19.5 Å². The van der Waals surface area contributed by atoms with Gasteiger partial charge in [0.05, 0.1) is 17.8 Å². The van der Waals surface area contributed by atoms with E-state index >= 15 is 0 Å². The second-order valence-corrected chi connectivity index (χ2v) is 4.30. The van der Waals surface area contributed by atoms with Gasteiger partial charge in [0.1, 0.15) is 0 Å². The molecular formula is C13H22N2O3. The van der Waals surface area contributed by atoms with Crippen LogP contribution in [0.2, 0.25) is 0 Å². The number of methoxy groups -OCH3 is 2. The first-order valence-corrected chi connectivity index (χ1v) is 6.02. The molecule has 0 aromatic carbocycles. The summed E-state index contributed by atoms with van der Waals surface area (Å²) in [4.78, 5) is 4.22. The van der Waals surface area contributed by atoms with E-state index in [1.54, 1.807) is 20.4 Å². The third-order valence-corrected chi connectivity index (χ3v) is 2.37. The van der Waals surface area contributed by atoms with Crippen LogP contribution >= 0.6 is 0 Å². The van der Waals surface area contributed by atoms with Crippen molar-refractivity contribution >= 4 is 5.69 Å². The van der Waals surface area contributed by atoms with Gasteiger partial charge in [-0.25, -0.2) is 4.98 Å². The zero-order valence-corrected chi connectivity index (χ0v) is 11.6. The number of anilines is 1. The summed E-state index contributed by atoms with van der Waals surface area (Å²) in [5.41, 5.74) is 0.831. The molecule has 1 aromatic heterocycles. The molecule has 1 rings (SSSR count). The highest BCUT2D eigenvalue weighted by Crippen LogP contribution is 2.23. The molecule has 0 aliphatic rings. The summed E-state index contributed by atoms with van der Waals surface area (Å²) in [5, 5.41) is 3.28. The average molecular weight is 254 g/mol. The Morgan fingerprint density at radius 2 is 1.83 bits per heavy atom. The van der Waals surface area contributed by atoms with E-state index in [0.29, 0.717) is 5.88 Å². The second-order valence-electron chi connectivity index (χ2n) is 4.30. The summed E-state index contributed by atoms with van der Waals surface area (Å²) in [6.07, 6.45) is 1.46. The van der Waals surface area contributed by atoms with Crippen LogP contribution in [0, 0.1) is 0 Å². The standard InChI is InChI=1S/C13H22N2O3/c1-9(2)18-12-11(7-6-8-14-12)15-10(3)13(16-4)17-5/h6-10,13,15H,1-5H3. The largest absolute Gasteiger partial charge is 0.473 e. The maximum Gasteiger partial charge on any atom is 0.237 e. The Morgan fingerprint density at radius 3 is 2.39 bits per heavy atom. The maximum atomic E-state index is 5.64. The van der Waals surface area contributed by atoms with Crippen LogP contribution in [0.3, 0.4) is 0 Å². The third kappa shape index (κ3) is 4.16. The Labute approximate surface area is 108 Å². The summed E-state index contributed by atoms with van der Waals surface area (Å²) in [5.74, 6) is 0.588. The fourth-order valence-electron chi connectivity index (χ4n) is 1.64. The predicted octanol–water partition coefficient (Wildman–Crippen LogP) is 2.29. The first kappa shape index (κ1) is 14.7. The smallest absolute Gasteiger partial charge is 0.237 e. The van der Waals surface area contributed by atoms with E-state index in [9.17, 15) is 0 Å². The van der Waals surface area contributed by atoms with E-state index in [1.165, 1.54) is 0 Å². The normalized spacial score (nSPS) is 12.8. The van der Waals surface area contributed by atoms with E-state index in [4.69, 9.17) is 14.2 Å². The van der Waals surface area contributed by atoms with Crippen LogP contribution in [0.4, 0.5) is 5.69 Å². The van der Waals surface area contributed by atoms with E-state index in [0.717, 1.165) is 5.69 Å². The van der Waals surface area contributed by atoms with Gasteiger partial charge in [0.15, 0.2) is 6.29 Å². The molecule has 0 radical (unpaired) electrons. The van der Waals surface area contributed by atoms with Gasteiger partial charge in [0.2, 0.25) is 5.88 Å². The second kappa shape index (κ2) is 7.18. The highest BCUT2D eigenvalue weighted by atomic mass is 16.7. The highest BCUT2D eigenvalue weighted by molar-refractivity contribution is 5.52. The SMILES string of the molecule is COC(OC)C(C)Nc1cccnc1OC(C)C. The van der Waals surface area contributed by atoms with Crippen LogP contribution in [0.25, 0.3) is 0 Å². The lowest BCUT2D eigenvalue weighted by atomic mass is 10.3. The van der Waals surface area contributed by atoms with Crippen molar-refractivity contribution in [2.24, 2.45) is 0 Å². The number of hydrogen-bond acceptors (Lipinski definition) is 5. The number of ether oxygens (including phenoxy) is 3. The van der Waals surface area contributed by atoms with Crippen LogP contribution < -0.4 is 10.1 Å². The van der Waals surface area contributed by atoms with Crippen molar-refractivity contribution in [2.75, 3.05) is 19.5 Å². The fraction of sp³-hybridized carbons (Fsp3) is 0.615. The lowest BCUT2D eigenvalue weighted by Crippen LogP contribution is -2.34. The lowest BCUT2D eigenvalue weighted by Gasteiger charge is -2.24. The first-order chi connectivity index (χ1) is 8.58. The molecule has 0 amide bonds. The number of rotatable bonds is 7. The fourth-order valence-corrected chi connectivity index (χ4v) is 1.64. The molecule has 5 heteroatoms. The highest BCUT2D eigenvalue weighted by Gasteiger charge is 2.17. The molecule has 102 valence electrons. The minimum atomic E-state index is -0.322. The van der Waals surface area contributed by atoms with Gasteiger partial charge in [-0.3, -0.25) is 0 Å². The van der Waals surface area contributed by atoms with Crippen molar-refractivity contribution in [2.45, 2.75) is 39.2 Å². The average Bonchev–Trinajstić information content (AvgIpc) is 2.32. The summed E-state index contributed by atoms with van der Waals surface area (Å²) >= 11 is 0. The molecule has 1 aromatic rings. The Bertz CT molecular complexity index is 354. The molecule has 18 heavy (non-hydrogen) atoms. The van der Waals surface area contributed by atoms with Crippen molar-refractivity contribution < 1.29 is 14.2 Å². The van der Waals surface area contributed by atoms with Gasteiger partial charge in [-0.1, -0.05) is 0 Å². The minimum absolute atomic E-state index is 0.0151. The predicted molar refractivity (Wildman–Crippen MR) is 70.9 cm³/mol. The molecule has 1 unspecified atom stereocenters. The van der Waals surface area contributed by atoms with Crippen LogP contribution in [0.5, 0.6) is 5.88 Å².